The molecule has 1 N–H and O–H groups in total. The average molecular weight is 501 g/mol. The number of carbonyl (C=O) groups excluding carboxylic acids is 1. The molecule has 37 heavy (non-hydrogen) atoms. The van der Waals surface area contributed by atoms with Crippen LogP contribution in [0.25, 0.3) is 0 Å². The summed E-state index contributed by atoms with van der Waals surface area (Å²) in [5, 5.41) is 12.0. The summed E-state index contributed by atoms with van der Waals surface area (Å²) in [6.45, 7) is 7.64. The Balaban J connectivity index is 1.67. The zero-order valence-corrected chi connectivity index (χ0v) is 22.3. The van der Waals surface area contributed by atoms with E-state index >= 15 is 0 Å². The standard InChI is InChI=1S/C32H40N2O3/c1-32(2,3)37-31(36)34-21-13-20-28(34)30(35)29(22-25-14-7-4-8-15-25)33(23-26-16-9-5-10-17-26)24-27-18-11-6-12-19-27/h4-12,14-19,28-30,35H,13,20-24H2,1-3H3/t28-,29+,30-/m0/s1. The molecular weight excluding hydrogens is 460 g/mol. The molecule has 3 atom stereocenters. The molecule has 0 aliphatic carbocycles. The fourth-order valence-corrected chi connectivity index (χ4v) is 5.20. The number of amides is 1. The van der Waals surface area contributed by atoms with Gasteiger partial charge in [-0.15, -0.1) is 0 Å². The van der Waals surface area contributed by atoms with Crippen LogP contribution in [0.15, 0.2) is 91.0 Å². The van der Waals surface area contributed by atoms with Gasteiger partial charge in [0.05, 0.1) is 12.1 Å². The van der Waals surface area contributed by atoms with Crippen molar-refractivity contribution in [2.45, 2.75) is 76.9 Å². The summed E-state index contributed by atoms with van der Waals surface area (Å²) in [6, 6.07) is 30.6. The molecule has 3 aromatic rings. The molecule has 0 radical (unpaired) electrons. The van der Waals surface area contributed by atoms with Gasteiger partial charge in [-0.2, -0.15) is 0 Å². The van der Waals surface area contributed by atoms with Gasteiger partial charge in [0.2, 0.25) is 0 Å². The first-order valence-electron chi connectivity index (χ1n) is 13.3. The van der Waals surface area contributed by atoms with Gasteiger partial charge in [0.1, 0.15) is 5.60 Å². The first-order valence-corrected chi connectivity index (χ1v) is 13.3. The maximum Gasteiger partial charge on any atom is 0.410 e. The van der Waals surface area contributed by atoms with Crippen molar-refractivity contribution in [2.24, 2.45) is 0 Å². The fraction of sp³-hybridized carbons (Fsp3) is 0.406. The zero-order valence-electron chi connectivity index (χ0n) is 22.3. The zero-order chi connectivity index (χ0) is 26.3. The normalized spacial score (nSPS) is 17.5. The van der Waals surface area contributed by atoms with Crippen molar-refractivity contribution in [3.8, 4) is 0 Å². The van der Waals surface area contributed by atoms with Crippen molar-refractivity contribution in [2.75, 3.05) is 6.54 Å². The minimum absolute atomic E-state index is 0.198. The van der Waals surface area contributed by atoms with E-state index in [0.717, 1.165) is 12.8 Å². The molecule has 1 heterocycles. The number of hydrogen-bond donors (Lipinski definition) is 1. The van der Waals surface area contributed by atoms with Crippen LogP contribution in [0, 0.1) is 0 Å². The number of nitrogens with zero attached hydrogens (tertiary/aromatic N) is 2. The van der Waals surface area contributed by atoms with Crippen LogP contribution in [-0.4, -0.2) is 51.3 Å². The summed E-state index contributed by atoms with van der Waals surface area (Å²) >= 11 is 0. The van der Waals surface area contributed by atoms with Gasteiger partial charge in [-0.1, -0.05) is 91.0 Å². The van der Waals surface area contributed by atoms with Gasteiger partial charge in [0.15, 0.2) is 0 Å². The number of hydrogen-bond acceptors (Lipinski definition) is 4. The van der Waals surface area contributed by atoms with Gasteiger partial charge in [-0.05, 0) is 56.7 Å². The molecule has 0 spiro atoms. The highest BCUT2D eigenvalue weighted by Crippen LogP contribution is 2.29. The van der Waals surface area contributed by atoms with E-state index in [0.29, 0.717) is 26.1 Å². The van der Waals surface area contributed by atoms with E-state index in [2.05, 4.69) is 65.6 Å². The highest BCUT2D eigenvalue weighted by Gasteiger charge is 2.41. The molecule has 0 saturated carbocycles. The van der Waals surface area contributed by atoms with Crippen molar-refractivity contribution < 1.29 is 14.6 Å². The van der Waals surface area contributed by atoms with E-state index in [-0.39, 0.29) is 18.2 Å². The van der Waals surface area contributed by atoms with E-state index in [1.807, 2.05) is 51.1 Å². The highest BCUT2D eigenvalue weighted by molar-refractivity contribution is 5.69. The molecule has 0 aromatic heterocycles. The predicted molar refractivity (Wildman–Crippen MR) is 148 cm³/mol. The molecule has 196 valence electrons. The summed E-state index contributed by atoms with van der Waals surface area (Å²) in [4.78, 5) is 17.2. The topological polar surface area (TPSA) is 53.0 Å². The second-order valence-electron chi connectivity index (χ2n) is 11.0. The number of aliphatic hydroxyl groups is 1. The minimum atomic E-state index is -0.734. The number of rotatable bonds is 9. The van der Waals surface area contributed by atoms with Crippen molar-refractivity contribution in [3.63, 3.8) is 0 Å². The van der Waals surface area contributed by atoms with E-state index in [9.17, 15) is 9.90 Å². The lowest BCUT2D eigenvalue weighted by Crippen LogP contribution is -2.54. The number of benzene rings is 3. The molecule has 3 aromatic carbocycles. The van der Waals surface area contributed by atoms with E-state index in [1.165, 1.54) is 16.7 Å². The van der Waals surface area contributed by atoms with Crippen LogP contribution in [0.1, 0.15) is 50.3 Å². The maximum absolute atomic E-state index is 13.1. The molecule has 0 bridgehead atoms. The Labute approximate surface area is 221 Å². The molecule has 5 nitrogen and oxygen atoms in total. The SMILES string of the molecule is CC(C)(C)OC(=O)N1CCC[C@H]1[C@H](O)[C@@H](Cc1ccccc1)N(Cc1ccccc1)Cc1ccccc1. The third kappa shape index (κ3) is 7.67. The Morgan fingerprint density at radius 3 is 1.86 bits per heavy atom. The number of carbonyl (C=O) groups is 1. The van der Waals surface area contributed by atoms with Crippen LogP contribution < -0.4 is 0 Å². The number of ether oxygens (including phenoxy) is 1. The summed E-state index contributed by atoms with van der Waals surface area (Å²) in [5.41, 5.74) is 2.98. The van der Waals surface area contributed by atoms with Crippen molar-refractivity contribution in [3.05, 3.63) is 108 Å². The van der Waals surface area contributed by atoms with Crippen molar-refractivity contribution in [1.82, 2.24) is 9.80 Å². The van der Waals surface area contributed by atoms with Crippen molar-refractivity contribution in [1.29, 1.82) is 0 Å². The van der Waals surface area contributed by atoms with Crippen LogP contribution in [0.3, 0.4) is 0 Å². The number of aliphatic hydroxyl groups excluding tert-OH is 1. The summed E-state index contributed by atoms with van der Waals surface area (Å²) in [7, 11) is 0. The molecule has 0 unspecified atom stereocenters. The third-order valence-corrected chi connectivity index (χ3v) is 6.93. The molecule has 1 amide bonds. The summed E-state index contributed by atoms with van der Waals surface area (Å²) in [5.74, 6) is 0. The van der Waals surface area contributed by atoms with E-state index in [1.54, 1.807) is 4.90 Å². The second-order valence-corrected chi connectivity index (χ2v) is 11.0. The first kappa shape index (κ1) is 26.9. The lowest BCUT2D eigenvalue weighted by molar-refractivity contribution is -0.0250. The maximum atomic E-state index is 13.1. The summed E-state index contributed by atoms with van der Waals surface area (Å²) in [6.07, 6.45) is 1.22. The summed E-state index contributed by atoms with van der Waals surface area (Å²) < 4.78 is 5.71. The Hall–Kier alpha value is -3.15. The Bertz CT molecular complexity index is 1060. The first-order chi connectivity index (χ1) is 17.8. The van der Waals surface area contributed by atoms with Gasteiger partial charge in [0, 0.05) is 25.7 Å². The predicted octanol–water partition coefficient (Wildman–Crippen LogP) is 6.06. The lowest BCUT2D eigenvalue weighted by atomic mass is 9.92. The fourth-order valence-electron chi connectivity index (χ4n) is 5.20. The Morgan fingerprint density at radius 2 is 1.38 bits per heavy atom. The minimum Gasteiger partial charge on any atom is -0.444 e. The average Bonchev–Trinajstić information content (AvgIpc) is 3.38. The molecule has 5 heteroatoms. The van der Waals surface area contributed by atoms with E-state index < -0.39 is 11.7 Å². The lowest BCUT2D eigenvalue weighted by Gasteiger charge is -2.40. The largest absolute Gasteiger partial charge is 0.444 e. The molecular formula is C32H40N2O3. The van der Waals surface area contributed by atoms with Crippen LogP contribution in [0.2, 0.25) is 0 Å². The quantitative estimate of drug-likeness (QED) is 0.388. The van der Waals surface area contributed by atoms with E-state index in [4.69, 9.17) is 4.74 Å². The van der Waals surface area contributed by atoms with Crippen LogP contribution in [0.4, 0.5) is 4.79 Å². The molecule has 1 aliphatic rings. The Kier molecular flexibility index (Phi) is 9.01. The van der Waals surface area contributed by atoms with Crippen LogP contribution in [-0.2, 0) is 24.2 Å². The second kappa shape index (κ2) is 12.4. The van der Waals surface area contributed by atoms with Crippen molar-refractivity contribution >= 4 is 6.09 Å². The molecule has 4 rings (SSSR count). The Morgan fingerprint density at radius 1 is 0.892 bits per heavy atom. The van der Waals surface area contributed by atoms with Gasteiger partial charge in [-0.3, -0.25) is 4.90 Å². The number of likely N-dealkylation sites (tertiary alicyclic amines) is 1. The molecule has 1 saturated heterocycles. The van der Waals surface area contributed by atoms with Gasteiger partial charge >= 0.3 is 6.09 Å². The van der Waals surface area contributed by atoms with Crippen LogP contribution in [0.5, 0.6) is 0 Å². The molecule has 1 aliphatic heterocycles. The van der Waals surface area contributed by atoms with Gasteiger partial charge in [-0.25, -0.2) is 4.79 Å². The van der Waals surface area contributed by atoms with Gasteiger partial charge < -0.3 is 14.7 Å². The third-order valence-electron chi connectivity index (χ3n) is 6.93. The highest BCUT2D eigenvalue weighted by atomic mass is 16.6. The van der Waals surface area contributed by atoms with Gasteiger partial charge in [0.25, 0.3) is 0 Å². The smallest absolute Gasteiger partial charge is 0.410 e. The molecule has 1 fully saturated rings. The monoisotopic (exact) mass is 500 g/mol. The van der Waals surface area contributed by atoms with Crippen LogP contribution >= 0.6 is 0 Å².